The first-order chi connectivity index (χ1) is 9.16. The van der Waals surface area contributed by atoms with Crippen molar-refractivity contribution in [1.82, 2.24) is 5.43 Å². The predicted octanol–water partition coefficient (Wildman–Crippen LogP) is 3.19. The van der Waals surface area contributed by atoms with Crippen LogP contribution in [-0.4, -0.2) is 12.1 Å². The Morgan fingerprint density at radius 1 is 1.16 bits per heavy atom. The van der Waals surface area contributed by atoms with Crippen LogP contribution in [0, 0.1) is 9.39 Å². The van der Waals surface area contributed by atoms with E-state index >= 15 is 0 Å². The Hall–Kier alpha value is -1.76. The van der Waals surface area contributed by atoms with Crippen molar-refractivity contribution in [3.05, 3.63) is 69.0 Å². The van der Waals surface area contributed by atoms with Gasteiger partial charge in [0.25, 0.3) is 5.91 Å². The number of hydrogen-bond acceptors (Lipinski definition) is 2. The van der Waals surface area contributed by atoms with Gasteiger partial charge in [0.05, 0.1) is 6.21 Å². The zero-order chi connectivity index (χ0) is 13.7. The van der Waals surface area contributed by atoms with E-state index < -0.39 is 0 Å². The first kappa shape index (κ1) is 13.7. The molecule has 5 heteroatoms. The van der Waals surface area contributed by atoms with Gasteiger partial charge in [-0.25, -0.2) is 9.82 Å². The van der Waals surface area contributed by atoms with Crippen LogP contribution in [0.2, 0.25) is 0 Å². The quantitative estimate of drug-likeness (QED) is 0.505. The van der Waals surface area contributed by atoms with Gasteiger partial charge in [-0.05, 0) is 52.9 Å². The second-order valence-corrected chi connectivity index (χ2v) is 4.89. The fourth-order valence-corrected chi connectivity index (χ4v) is 1.93. The van der Waals surface area contributed by atoms with E-state index in [9.17, 15) is 9.18 Å². The van der Waals surface area contributed by atoms with Crippen molar-refractivity contribution in [1.29, 1.82) is 0 Å². The molecule has 0 saturated carbocycles. The van der Waals surface area contributed by atoms with Crippen LogP contribution in [0.3, 0.4) is 0 Å². The fraction of sp³-hybridized carbons (Fsp3) is 0. The molecule has 0 fully saturated rings. The molecule has 1 amide bonds. The van der Waals surface area contributed by atoms with Gasteiger partial charge in [0.2, 0.25) is 0 Å². The summed E-state index contributed by atoms with van der Waals surface area (Å²) in [5, 5.41) is 3.88. The zero-order valence-electron chi connectivity index (χ0n) is 9.81. The van der Waals surface area contributed by atoms with Crippen molar-refractivity contribution in [2.24, 2.45) is 5.10 Å². The Bertz CT molecular complexity index is 611. The second-order valence-electron chi connectivity index (χ2n) is 3.73. The average Bonchev–Trinajstić information content (AvgIpc) is 2.41. The van der Waals surface area contributed by atoms with Crippen LogP contribution in [0.25, 0.3) is 0 Å². The van der Waals surface area contributed by atoms with E-state index in [1.165, 1.54) is 24.3 Å². The molecular formula is C14H10FIN2O. The Labute approximate surface area is 123 Å². The molecule has 0 aliphatic carbocycles. The second kappa shape index (κ2) is 6.42. The van der Waals surface area contributed by atoms with Gasteiger partial charge in [0.1, 0.15) is 5.82 Å². The number of nitrogens with zero attached hydrogens (tertiary/aromatic N) is 1. The molecule has 0 aliphatic rings. The minimum Gasteiger partial charge on any atom is -0.267 e. The van der Waals surface area contributed by atoms with E-state index in [2.05, 4.69) is 33.1 Å². The van der Waals surface area contributed by atoms with E-state index in [-0.39, 0.29) is 11.7 Å². The number of benzene rings is 2. The summed E-state index contributed by atoms with van der Waals surface area (Å²) in [6.07, 6.45) is 1.57. The molecule has 2 aromatic carbocycles. The Balaban J connectivity index is 2.01. The lowest BCUT2D eigenvalue weighted by molar-refractivity contribution is 0.0955. The molecule has 0 aliphatic heterocycles. The lowest BCUT2D eigenvalue weighted by atomic mass is 10.2. The average molecular weight is 368 g/mol. The molecule has 0 heterocycles. The molecule has 96 valence electrons. The van der Waals surface area contributed by atoms with Crippen LogP contribution < -0.4 is 5.43 Å². The van der Waals surface area contributed by atoms with Crippen molar-refractivity contribution in [3.8, 4) is 0 Å². The van der Waals surface area contributed by atoms with Gasteiger partial charge in [0, 0.05) is 14.7 Å². The number of hydrogen-bond donors (Lipinski definition) is 1. The van der Waals surface area contributed by atoms with Crippen LogP contribution >= 0.6 is 22.6 Å². The summed E-state index contributed by atoms with van der Waals surface area (Å²) in [5.74, 6) is -0.749. The third kappa shape index (κ3) is 3.85. The van der Waals surface area contributed by atoms with E-state index in [1.807, 2.05) is 24.3 Å². The molecule has 0 bridgehead atoms. The SMILES string of the molecule is O=C(N/N=C/c1ccccc1I)c1ccc(F)cc1. The standard InChI is InChI=1S/C14H10FIN2O/c15-12-7-5-10(6-8-12)14(19)18-17-9-11-3-1-2-4-13(11)16/h1-9H,(H,18,19)/b17-9+. The summed E-state index contributed by atoms with van der Waals surface area (Å²) in [7, 11) is 0. The van der Waals surface area contributed by atoms with Crippen molar-refractivity contribution < 1.29 is 9.18 Å². The number of hydrazone groups is 1. The third-order valence-corrected chi connectivity index (χ3v) is 3.36. The molecular weight excluding hydrogens is 358 g/mol. The number of carbonyl (C=O) groups is 1. The van der Waals surface area contributed by atoms with Gasteiger partial charge in [-0.1, -0.05) is 18.2 Å². The largest absolute Gasteiger partial charge is 0.271 e. The van der Waals surface area contributed by atoms with Gasteiger partial charge in [0.15, 0.2) is 0 Å². The lowest BCUT2D eigenvalue weighted by Gasteiger charge is -2.00. The van der Waals surface area contributed by atoms with E-state index in [1.54, 1.807) is 6.21 Å². The summed E-state index contributed by atoms with van der Waals surface area (Å²) in [5.41, 5.74) is 3.68. The van der Waals surface area contributed by atoms with E-state index in [4.69, 9.17) is 0 Å². The number of halogens is 2. The molecule has 2 rings (SSSR count). The highest BCUT2D eigenvalue weighted by atomic mass is 127. The molecule has 0 radical (unpaired) electrons. The highest BCUT2D eigenvalue weighted by Crippen LogP contribution is 2.08. The zero-order valence-corrected chi connectivity index (χ0v) is 12.0. The van der Waals surface area contributed by atoms with Crippen LogP contribution in [0.5, 0.6) is 0 Å². The number of rotatable bonds is 3. The van der Waals surface area contributed by atoms with Crippen molar-refractivity contribution >= 4 is 34.7 Å². The molecule has 0 spiro atoms. The van der Waals surface area contributed by atoms with Gasteiger partial charge >= 0.3 is 0 Å². The molecule has 1 N–H and O–H groups in total. The minimum absolute atomic E-state index is 0.362. The van der Waals surface area contributed by atoms with Gasteiger partial charge < -0.3 is 0 Å². The van der Waals surface area contributed by atoms with E-state index in [0.717, 1.165) is 9.13 Å². The van der Waals surface area contributed by atoms with Gasteiger partial charge in [-0.3, -0.25) is 4.79 Å². The molecule has 3 nitrogen and oxygen atoms in total. The third-order valence-electron chi connectivity index (χ3n) is 2.38. The summed E-state index contributed by atoms with van der Waals surface area (Å²) >= 11 is 2.19. The fourth-order valence-electron chi connectivity index (χ4n) is 1.41. The van der Waals surface area contributed by atoms with E-state index in [0.29, 0.717) is 5.56 Å². The summed E-state index contributed by atoms with van der Waals surface area (Å²) in [4.78, 5) is 11.7. The molecule has 0 atom stereocenters. The first-order valence-electron chi connectivity index (χ1n) is 5.50. The Morgan fingerprint density at radius 2 is 1.84 bits per heavy atom. The Kier molecular flexibility index (Phi) is 4.62. The van der Waals surface area contributed by atoms with Gasteiger partial charge in [-0.15, -0.1) is 0 Å². The van der Waals surface area contributed by atoms with Gasteiger partial charge in [-0.2, -0.15) is 5.10 Å². The van der Waals surface area contributed by atoms with Crippen LogP contribution in [0.1, 0.15) is 15.9 Å². The maximum absolute atomic E-state index is 12.7. The first-order valence-corrected chi connectivity index (χ1v) is 6.58. The maximum atomic E-state index is 12.7. The number of carbonyl (C=O) groups excluding carboxylic acids is 1. The normalized spacial score (nSPS) is 10.6. The highest BCUT2D eigenvalue weighted by molar-refractivity contribution is 14.1. The topological polar surface area (TPSA) is 41.5 Å². The number of nitrogens with one attached hydrogen (secondary N) is 1. The molecule has 19 heavy (non-hydrogen) atoms. The molecule has 0 saturated heterocycles. The van der Waals surface area contributed by atoms with Crippen molar-refractivity contribution in [3.63, 3.8) is 0 Å². The summed E-state index contributed by atoms with van der Waals surface area (Å²) in [6, 6.07) is 13.0. The van der Waals surface area contributed by atoms with Crippen LogP contribution in [0.15, 0.2) is 53.6 Å². The maximum Gasteiger partial charge on any atom is 0.271 e. The molecule has 2 aromatic rings. The highest BCUT2D eigenvalue weighted by Gasteiger charge is 2.03. The lowest BCUT2D eigenvalue weighted by Crippen LogP contribution is -2.17. The Morgan fingerprint density at radius 3 is 2.53 bits per heavy atom. The monoisotopic (exact) mass is 368 g/mol. The number of amides is 1. The summed E-state index contributed by atoms with van der Waals surface area (Å²) in [6.45, 7) is 0. The smallest absolute Gasteiger partial charge is 0.267 e. The minimum atomic E-state index is -0.376. The van der Waals surface area contributed by atoms with Crippen LogP contribution in [-0.2, 0) is 0 Å². The molecule has 0 aromatic heterocycles. The van der Waals surface area contributed by atoms with Crippen molar-refractivity contribution in [2.45, 2.75) is 0 Å². The van der Waals surface area contributed by atoms with Crippen molar-refractivity contribution in [2.75, 3.05) is 0 Å². The summed E-state index contributed by atoms with van der Waals surface area (Å²) < 4.78 is 13.7. The molecule has 0 unspecified atom stereocenters. The predicted molar refractivity (Wildman–Crippen MR) is 80.6 cm³/mol. The van der Waals surface area contributed by atoms with Crippen LogP contribution in [0.4, 0.5) is 4.39 Å².